The highest BCUT2D eigenvalue weighted by atomic mass is 16.5. The third-order valence-electron chi connectivity index (χ3n) is 5.20. The van der Waals surface area contributed by atoms with Crippen molar-refractivity contribution in [3.63, 3.8) is 0 Å². The van der Waals surface area contributed by atoms with Gasteiger partial charge >= 0.3 is 0 Å². The van der Waals surface area contributed by atoms with Crippen LogP contribution < -0.4 is 20.9 Å². The molecule has 0 spiro atoms. The number of nitrogens with one attached hydrogen (secondary N) is 2. The lowest BCUT2D eigenvalue weighted by Gasteiger charge is -2.25. The molecule has 0 bridgehead atoms. The highest BCUT2D eigenvalue weighted by molar-refractivity contribution is 6.05. The van der Waals surface area contributed by atoms with E-state index >= 15 is 0 Å². The molecular weight excluding hydrogens is 330 g/mol. The number of rotatable bonds is 3. The first-order chi connectivity index (χ1) is 12.6. The number of piperidine rings is 1. The fourth-order valence-corrected chi connectivity index (χ4v) is 3.75. The molecule has 1 aromatic heterocycles. The first kappa shape index (κ1) is 16.8. The normalized spacial score (nSPS) is 16.8. The molecule has 4 rings (SSSR count). The predicted octanol–water partition coefficient (Wildman–Crippen LogP) is 2.27. The lowest BCUT2D eigenvalue weighted by atomic mass is 10.0. The zero-order chi connectivity index (χ0) is 18.1. The van der Waals surface area contributed by atoms with Crippen molar-refractivity contribution in [2.24, 2.45) is 0 Å². The molecule has 0 saturated carbocycles. The molecule has 2 aliphatic heterocycles. The molecule has 0 radical (unpaired) electrons. The summed E-state index contributed by atoms with van der Waals surface area (Å²) in [6.07, 6.45) is 4.45. The number of pyridine rings is 1. The summed E-state index contributed by atoms with van der Waals surface area (Å²) in [7, 11) is 0. The van der Waals surface area contributed by atoms with E-state index in [9.17, 15) is 9.59 Å². The Bertz CT molecular complexity index is 898. The highest BCUT2D eigenvalue weighted by Gasteiger charge is 2.22. The third kappa shape index (κ3) is 3.12. The maximum absolute atomic E-state index is 13.0. The molecule has 1 fully saturated rings. The van der Waals surface area contributed by atoms with Gasteiger partial charge in [-0.2, -0.15) is 0 Å². The molecule has 6 heteroatoms. The molecule has 136 valence electrons. The maximum Gasteiger partial charge on any atom is 0.263 e. The van der Waals surface area contributed by atoms with Crippen LogP contribution in [0.4, 0.5) is 5.69 Å². The Labute approximate surface area is 152 Å². The van der Waals surface area contributed by atoms with Crippen molar-refractivity contribution in [1.29, 1.82) is 0 Å². The van der Waals surface area contributed by atoms with E-state index in [1.165, 1.54) is 0 Å². The first-order valence-electron chi connectivity index (χ1n) is 9.13. The molecule has 0 aliphatic carbocycles. The molecule has 2 aliphatic rings. The van der Waals surface area contributed by atoms with Crippen LogP contribution in [0, 0.1) is 6.92 Å². The third-order valence-corrected chi connectivity index (χ3v) is 5.20. The number of hydrogen-bond donors (Lipinski definition) is 2. The molecule has 2 N–H and O–H groups in total. The second-order valence-electron chi connectivity index (χ2n) is 6.94. The van der Waals surface area contributed by atoms with E-state index < -0.39 is 0 Å². The summed E-state index contributed by atoms with van der Waals surface area (Å²) in [5.41, 5.74) is 2.49. The SMILES string of the molecule is Cc1ccn(C2CCNCC2)c(=O)c1C(=O)Nc1ccc2c(c1)CCO2. The van der Waals surface area contributed by atoms with Crippen LogP contribution in [0.15, 0.2) is 35.3 Å². The van der Waals surface area contributed by atoms with Gasteiger partial charge in [-0.25, -0.2) is 0 Å². The summed E-state index contributed by atoms with van der Waals surface area (Å²) in [5.74, 6) is 0.516. The molecule has 0 atom stereocenters. The van der Waals surface area contributed by atoms with Crippen LogP contribution >= 0.6 is 0 Å². The zero-order valence-electron chi connectivity index (χ0n) is 14.9. The van der Waals surface area contributed by atoms with Gasteiger partial charge in [-0.05, 0) is 68.2 Å². The van der Waals surface area contributed by atoms with Crippen molar-refractivity contribution < 1.29 is 9.53 Å². The molecule has 3 heterocycles. The molecule has 2 aromatic rings. The summed E-state index contributed by atoms with van der Waals surface area (Å²) < 4.78 is 7.21. The smallest absolute Gasteiger partial charge is 0.263 e. The summed E-state index contributed by atoms with van der Waals surface area (Å²) in [6, 6.07) is 7.60. The Kier molecular flexibility index (Phi) is 4.51. The van der Waals surface area contributed by atoms with Gasteiger partial charge in [-0.15, -0.1) is 0 Å². The Morgan fingerprint density at radius 1 is 1.27 bits per heavy atom. The molecular formula is C20H23N3O3. The number of nitrogens with zero attached hydrogens (tertiary/aromatic N) is 1. The minimum atomic E-state index is -0.352. The number of ether oxygens (including phenoxy) is 1. The fraction of sp³-hybridized carbons (Fsp3) is 0.400. The lowest BCUT2D eigenvalue weighted by molar-refractivity contribution is 0.102. The average Bonchev–Trinajstić information content (AvgIpc) is 3.10. The minimum Gasteiger partial charge on any atom is -0.493 e. The fourth-order valence-electron chi connectivity index (χ4n) is 3.75. The Morgan fingerprint density at radius 2 is 2.08 bits per heavy atom. The number of aryl methyl sites for hydroxylation is 1. The maximum atomic E-state index is 13.0. The quantitative estimate of drug-likeness (QED) is 0.888. The van der Waals surface area contributed by atoms with Gasteiger partial charge in [-0.3, -0.25) is 9.59 Å². The number of fused-ring (bicyclic) bond motifs is 1. The number of aromatic nitrogens is 1. The van der Waals surface area contributed by atoms with Gasteiger partial charge < -0.3 is 19.9 Å². The Balaban J connectivity index is 1.62. The van der Waals surface area contributed by atoms with Gasteiger partial charge in [0.05, 0.1) is 6.61 Å². The Hall–Kier alpha value is -2.60. The molecule has 6 nitrogen and oxygen atoms in total. The van der Waals surface area contributed by atoms with E-state index in [0.29, 0.717) is 17.9 Å². The zero-order valence-corrected chi connectivity index (χ0v) is 14.9. The average molecular weight is 353 g/mol. The van der Waals surface area contributed by atoms with E-state index in [0.717, 1.165) is 43.7 Å². The predicted molar refractivity (Wildman–Crippen MR) is 100 cm³/mol. The van der Waals surface area contributed by atoms with Gasteiger partial charge in [-0.1, -0.05) is 0 Å². The monoisotopic (exact) mass is 353 g/mol. The van der Waals surface area contributed by atoms with Crippen LogP contribution in [0.3, 0.4) is 0 Å². The topological polar surface area (TPSA) is 72.4 Å². The van der Waals surface area contributed by atoms with Crippen LogP contribution in [0.1, 0.15) is 40.4 Å². The van der Waals surface area contributed by atoms with Crippen molar-refractivity contribution in [2.75, 3.05) is 25.0 Å². The summed E-state index contributed by atoms with van der Waals surface area (Å²) in [6.45, 7) is 4.26. The van der Waals surface area contributed by atoms with Crippen molar-refractivity contribution in [2.45, 2.75) is 32.2 Å². The second-order valence-corrected chi connectivity index (χ2v) is 6.94. The first-order valence-corrected chi connectivity index (χ1v) is 9.13. The second kappa shape index (κ2) is 6.96. The van der Waals surface area contributed by atoms with Crippen LogP contribution in [0.2, 0.25) is 0 Å². The standard InChI is InChI=1S/C20H23N3O3/c1-13-6-10-23(16-4-8-21-9-5-16)20(25)18(13)19(24)22-15-2-3-17-14(12-15)7-11-26-17/h2-3,6,10,12,16,21H,4-5,7-9,11H2,1H3,(H,22,24). The number of carbonyl (C=O) groups excluding carboxylic acids is 1. The van der Waals surface area contributed by atoms with Crippen molar-refractivity contribution >= 4 is 11.6 Å². The van der Waals surface area contributed by atoms with Crippen LogP contribution in [-0.2, 0) is 6.42 Å². The number of carbonyl (C=O) groups is 1. The minimum absolute atomic E-state index is 0.146. The van der Waals surface area contributed by atoms with Crippen molar-refractivity contribution in [1.82, 2.24) is 9.88 Å². The van der Waals surface area contributed by atoms with Gasteiger partial charge in [0.15, 0.2) is 0 Å². The molecule has 1 amide bonds. The summed E-state index contributed by atoms with van der Waals surface area (Å²) >= 11 is 0. The molecule has 1 saturated heterocycles. The van der Waals surface area contributed by atoms with Crippen LogP contribution in [0.25, 0.3) is 0 Å². The summed E-state index contributed by atoms with van der Waals surface area (Å²) in [4.78, 5) is 25.8. The van der Waals surface area contributed by atoms with E-state index in [-0.39, 0.29) is 23.1 Å². The van der Waals surface area contributed by atoms with Gasteiger partial charge in [0, 0.05) is 24.3 Å². The number of anilines is 1. The van der Waals surface area contributed by atoms with Gasteiger partial charge in [0.2, 0.25) is 0 Å². The number of benzene rings is 1. The van der Waals surface area contributed by atoms with Crippen LogP contribution in [-0.4, -0.2) is 30.2 Å². The van der Waals surface area contributed by atoms with Crippen molar-refractivity contribution in [3.05, 3.63) is 57.5 Å². The van der Waals surface area contributed by atoms with E-state index in [4.69, 9.17) is 4.74 Å². The van der Waals surface area contributed by atoms with Crippen molar-refractivity contribution in [3.8, 4) is 5.75 Å². The highest BCUT2D eigenvalue weighted by Crippen LogP contribution is 2.28. The lowest BCUT2D eigenvalue weighted by Crippen LogP contribution is -2.37. The molecule has 0 unspecified atom stereocenters. The summed E-state index contributed by atoms with van der Waals surface area (Å²) in [5, 5.41) is 6.18. The number of amides is 1. The van der Waals surface area contributed by atoms with Gasteiger partial charge in [0.1, 0.15) is 11.3 Å². The van der Waals surface area contributed by atoms with E-state index in [1.807, 2.05) is 30.5 Å². The van der Waals surface area contributed by atoms with E-state index in [1.54, 1.807) is 11.5 Å². The largest absolute Gasteiger partial charge is 0.493 e. The molecule has 1 aromatic carbocycles. The van der Waals surface area contributed by atoms with E-state index in [2.05, 4.69) is 10.6 Å². The van der Waals surface area contributed by atoms with Crippen LogP contribution in [0.5, 0.6) is 5.75 Å². The Morgan fingerprint density at radius 3 is 2.88 bits per heavy atom. The van der Waals surface area contributed by atoms with Gasteiger partial charge in [0.25, 0.3) is 11.5 Å². The molecule has 26 heavy (non-hydrogen) atoms. The number of hydrogen-bond acceptors (Lipinski definition) is 4.